The smallest absolute Gasteiger partial charge is 0.223 e. The molecule has 0 aromatic heterocycles. The molecule has 1 aliphatic rings. The van der Waals surface area contributed by atoms with Crippen LogP contribution in [0.4, 0.5) is 0 Å². The molecule has 1 aliphatic heterocycles. The highest BCUT2D eigenvalue weighted by atomic mass is 32.2. The van der Waals surface area contributed by atoms with E-state index < -0.39 is 10.0 Å². The van der Waals surface area contributed by atoms with Gasteiger partial charge in [-0.1, -0.05) is 0 Å². The third-order valence-electron chi connectivity index (χ3n) is 3.26. The predicted molar refractivity (Wildman–Crippen MR) is 73.3 cm³/mol. The molecule has 0 aromatic carbocycles. The number of hydrogen-bond donors (Lipinski definition) is 1. The normalized spacial score (nSPS) is 18.4. The van der Waals surface area contributed by atoms with Crippen molar-refractivity contribution in [3.63, 3.8) is 0 Å². The average Bonchev–Trinajstić information content (AvgIpc) is 2.37. The minimum Gasteiger partial charge on any atom is -0.382 e. The van der Waals surface area contributed by atoms with Crippen molar-refractivity contribution in [1.82, 2.24) is 9.62 Å². The molecule has 0 aromatic rings. The van der Waals surface area contributed by atoms with Crippen LogP contribution in [-0.4, -0.2) is 57.7 Å². The number of sulfonamides is 1. The number of amides is 1. The van der Waals surface area contributed by atoms with E-state index in [0.29, 0.717) is 45.7 Å². The van der Waals surface area contributed by atoms with Crippen molar-refractivity contribution in [2.24, 2.45) is 5.92 Å². The van der Waals surface area contributed by atoms with E-state index in [1.807, 2.05) is 6.92 Å². The molecule has 0 unspecified atom stereocenters. The van der Waals surface area contributed by atoms with Crippen LogP contribution in [0, 0.1) is 5.92 Å². The average molecular weight is 292 g/mol. The monoisotopic (exact) mass is 292 g/mol. The maximum absolute atomic E-state index is 11.9. The summed E-state index contributed by atoms with van der Waals surface area (Å²) in [4.78, 5) is 11.9. The summed E-state index contributed by atoms with van der Waals surface area (Å²) >= 11 is 0. The summed E-state index contributed by atoms with van der Waals surface area (Å²) in [6.45, 7) is 4.78. The molecule has 6 nitrogen and oxygen atoms in total. The van der Waals surface area contributed by atoms with E-state index in [1.165, 1.54) is 10.6 Å². The first-order valence-corrected chi connectivity index (χ1v) is 8.60. The van der Waals surface area contributed by atoms with Gasteiger partial charge in [-0.15, -0.1) is 0 Å². The van der Waals surface area contributed by atoms with Gasteiger partial charge in [0.1, 0.15) is 0 Å². The van der Waals surface area contributed by atoms with Crippen LogP contribution in [0.5, 0.6) is 0 Å². The minimum atomic E-state index is -3.12. The van der Waals surface area contributed by atoms with Gasteiger partial charge >= 0.3 is 0 Å². The molecule has 1 amide bonds. The fraction of sp³-hybridized carbons (Fsp3) is 0.917. The van der Waals surface area contributed by atoms with E-state index in [9.17, 15) is 13.2 Å². The number of rotatable bonds is 7. The van der Waals surface area contributed by atoms with Gasteiger partial charge in [-0.3, -0.25) is 4.79 Å². The standard InChI is InChI=1S/C12H24N2O4S/c1-3-18-10-4-7-13-12(15)11-5-8-14(9-6-11)19(2,16)17/h11H,3-10H2,1-2H3,(H,13,15). The molecule has 0 atom stereocenters. The van der Waals surface area contributed by atoms with Crippen LogP contribution in [0.2, 0.25) is 0 Å². The largest absolute Gasteiger partial charge is 0.382 e. The summed E-state index contributed by atoms with van der Waals surface area (Å²) in [5, 5.41) is 2.88. The lowest BCUT2D eigenvalue weighted by Crippen LogP contribution is -2.42. The third-order valence-corrected chi connectivity index (χ3v) is 4.57. The van der Waals surface area contributed by atoms with Gasteiger partial charge in [0.2, 0.25) is 15.9 Å². The van der Waals surface area contributed by atoms with Crippen molar-refractivity contribution in [1.29, 1.82) is 0 Å². The maximum Gasteiger partial charge on any atom is 0.223 e. The number of piperidine rings is 1. The van der Waals surface area contributed by atoms with Crippen LogP contribution in [0.1, 0.15) is 26.2 Å². The van der Waals surface area contributed by atoms with Crippen LogP contribution < -0.4 is 5.32 Å². The molecule has 0 radical (unpaired) electrons. The Morgan fingerprint density at radius 2 is 2.00 bits per heavy atom. The topological polar surface area (TPSA) is 75.7 Å². The first-order valence-electron chi connectivity index (χ1n) is 6.75. The first kappa shape index (κ1) is 16.4. The maximum atomic E-state index is 11.9. The third kappa shape index (κ3) is 5.88. The van der Waals surface area contributed by atoms with E-state index >= 15 is 0 Å². The summed E-state index contributed by atoms with van der Waals surface area (Å²) in [5.74, 6) is -0.0326. The lowest BCUT2D eigenvalue weighted by atomic mass is 9.97. The number of hydrogen-bond acceptors (Lipinski definition) is 4. The van der Waals surface area contributed by atoms with Gasteiger partial charge in [-0.25, -0.2) is 12.7 Å². The highest BCUT2D eigenvalue weighted by molar-refractivity contribution is 7.88. The van der Waals surface area contributed by atoms with E-state index in [-0.39, 0.29) is 11.8 Å². The molecule has 1 fully saturated rings. The number of nitrogens with one attached hydrogen (secondary N) is 1. The molecule has 0 aliphatic carbocycles. The zero-order valence-corrected chi connectivity index (χ0v) is 12.5. The molecule has 112 valence electrons. The Hall–Kier alpha value is -0.660. The van der Waals surface area contributed by atoms with Crippen LogP contribution in [0.3, 0.4) is 0 Å². The van der Waals surface area contributed by atoms with Crippen molar-refractivity contribution in [2.45, 2.75) is 26.2 Å². The van der Waals surface area contributed by atoms with Crippen molar-refractivity contribution >= 4 is 15.9 Å². The lowest BCUT2D eigenvalue weighted by Gasteiger charge is -2.29. The molecule has 1 N–H and O–H groups in total. The van der Waals surface area contributed by atoms with E-state index in [1.54, 1.807) is 0 Å². The molecule has 0 spiro atoms. The van der Waals surface area contributed by atoms with E-state index in [2.05, 4.69) is 5.32 Å². The van der Waals surface area contributed by atoms with Gasteiger partial charge < -0.3 is 10.1 Å². The second kappa shape index (κ2) is 7.81. The summed E-state index contributed by atoms with van der Waals surface area (Å²) < 4.78 is 29.3. The summed E-state index contributed by atoms with van der Waals surface area (Å²) in [5.41, 5.74) is 0. The zero-order valence-electron chi connectivity index (χ0n) is 11.7. The molecule has 19 heavy (non-hydrogen) atoms. The van der Waals surface area contributed by atoms with Gasteiger partial charge in [-0.2, -0.15) is 0 Å². The molecule has 7 heteroatoms. The molecular weight excluding hydrogens is 268 g/mol. The first-order chi connectivity index (χ1) is 8.95. The Balaban J connectivity index is 2.22. The summed E-state index contributed by atoms with van der Waals surface area (Å²) in [6, 6.07) is 0. The Bertz CT molecular complexity index is 375. The molecule has 1 rings (SSSR count). The van der Waals surface area contributed by atoms with Gasteiger partial charge in [0, 0.05) is 38.8 Å². The van der Waals surface area contributed by atoms with Gasteiger partial charge in [0.15, 0.2) is 0 Å². The highest BCUT2D eigenvalue weighted by Crippen LogP contribution is 2.19. The molecule has 0 saturated carbocycles. The zero-order chi connectivity index (χ0) is 14.3. The number of carbonyl (C=O) groups is 1. The fourth-order valence-corrected chi connectivity index (χ4v) is 3.00. The Kier molecular flexibility index (Phi) is 6.74. The van der Waals surface area contributed by atoms with Crippen molar-refractivity contribution in [3.05, 3.63) is 0 Å². The summed E-state index contributed by atoms with van der Waals surface area (Å²) in [7, 11) is -3.12. The lowest BCUT2D eigenvalue weighted by molar-refractivity contribution is -0.126. The van der Waals surface area contributed by atoms with Crippen LogP contribution >= 0.6 is 0 Å². The van der Waals surface area contributed by atoms with Crippen molar-refractivity contribution < 1.29 is 17.9 Å². The van der Waals surface area contributed by atoms with Crippen LogP contribution in [-0.2, 0) is 19.6 Å². The Labute approximate surface area is 115 Å². The summed E-state index contributed by atoms with van der Waals surface area (Å²) in [6.07, 6.45) is 3.22. The van der Waals surface area contributed by atoms with Crippen molar-refractivity contribution in [3.8, 4) is 0 Å². The molecular formula is C12H24N2O4S. The van der Waals surface area contributed by atoms with Crippen LogP contribution in [0.25, 0.3) is 0 Å². The Morgan fingerprint density at radius 3 is 2.53 bits per heavy atom. The molecule has 1 heterocycles. The van der Waals surface area contributed by atoms with E-state index in [4.69, 9.17) is 4.74 Å². The van der Waals surface area contributed by atoms with Crippen molar-refractivity contribution in [2.75, 3.05) is 39.1 Å². The predicted octanol–water partition coefficient (Wildman–Crippen LogP) is 0.201. The minimum absolute atomic E-state index is 0.0321. The second-order valence-electron chi connectivity index (χ2n) is 4.78. The fourth-order valence-electron chi connectivity index (χ4n) is 2.12. The van der Waals surface area contributed by atoms with E-state index in [0.717, 1.165) is 6.42 Å². The van der Waals surface area contributed by atoms with Gasteiger partial charge in [0.25, 0.3) is 0 Å². The van der Waals surface area contributed by atoms with Gasteiger partial charge in [0.05, 0.1) is 6.26 Å². The number of nitrogens with zero attached hydrogens (tertiary/aromatic N) is 1. The SMILES string of the molecule is CCOCCCNC(=O)C1CCN(S(C)(=O)=O)CC1. The second-order valence-corrected chi connectivity index (χ2v) is 6.76. The molecule has 0 bridgehead atoms. The van der Waals surface area contributed by atoms with Gasteiger partial charge in [-0.05, 0) is 26.2 Å². The number of carbonyl (C=O) groups excluding carboxylic acids is 1. The highest BCUT2D eigenvalue weighted by Gasteiger charge is 2.28. The number of ether oxygens (including phenoxy) is 1. The molecule has 1 saturated heterocycles. The Morgan fingerprint density at radius 1 is 1.37 bits per heavy atom. The van der Waals surface area contributed by atoms with Crippen LogP contribution in [0.15, 0.2) is 0 Å². The quantitative estimate of drug-likeness (QED) is 0.680.